The number of unbranched alkanes of at least 4 members (excludes halogenated alkanes) is 12. The van der Waals surface area contributed by atoms with Crippen molar-refractivity contribution < 1.29 is 34.3 Å². The molecule has 0 aromatic carbocycles. The Morgan fingerprint density at radius 3 is 2.05 bits per heavy atom. The second-order valence-corrected chi connectivity index (χ2v) is 20.8. The van der Waals surface area contributed by atoms with E-state index < -0.39 is 30.7 Å². The van der Waals surface area contributed by atoms with Crippen LogP contribution in [0, 0.1) is 52.3 Å². The smallest absolute Gasteiger partial charge is 0.305 e. The SMILES string of the molecule is CCCCCCCCCCCCCCCC(=O)OCC1OC(OC2CCC3(C)C(CC=C4C3CCC3(C)C4CCC3C(C)C=CC(CC)C(C)C)C2)C(O)C(O)C1O. The van der Waals surface area contributed by atoms with Crippen molar-refractivity contribution in [2.75, 3.05) is 6.61 Å². The summed E-state index contributed by atoms with van der Waals surface area (Å²) in [5, 5.41) is 32.5. The van der Waals surface area contributed by atoms with Crippen molar-refractivity contribution in [2.45, 2.75) is 233 Å². The summed E-state index contributed by atoms with van der Waals surface area (Å²) in [5.74, 6) is 4.18. The number of aliphatic hydroxyl groups is 3. The maximum Gasteiger partial charge on any atom is 0.305 e. The second kappa shape index (κ2) is 22.7. The van der Waals surface area contributed by atoms with Crippen molar-refractivity contribution in [3.8, 4) is 0 Å². The predicted molar refractivity (Wildman–Crippen MR) is 235 cm³/mol. The molecule has 14 atom stereocenters. The van der Waals surface area contributed by atoms with E-state index in [9.17, 15) is 20.1 Å². The van der Waals surface area contributed by atoms with Crippen LogP contribution >= 0.6 is 0 Å². The number of hydrogen-bond acceptors (Lipinski definition) is 7. The zero-order valence-electron chi connectivity index (χ0n) is 38.2. The lowest BCUT2D eigenvalue weighted by atomic mass is 9.47. The van der Waals surface area contributed by atoms with Gasteiger partial charge in [0, 0.05) is 6.42 Å². The van der Waals surface area contributed by atoms with Gasteiger partial charge in [0.2, 0.25) is 0 Å². The molecule has 7 heteroatoms. The first-order valence-electron chi connectivity index (χ1n) is 24.7. The molecule has 58 heavy (non-hydrogen) atoms. The molecule has 0 aromatic heterocycles. The van der Waals surface area contributed by atoms with Crippen LogP contribution in [0.1, 0.15) is 196 Å². The molecule has 0 amide bonds. The summed E-state index contributed by atoms with van der Waals surface area (Å²) in [5.41, 5.74) is 2.35. The van der Waals surface area contributed by atoms with Gasteiger partial charge in [-0.25, -0.2) is 0 Å². The lowest BCUT2D eigenvalue weighted by molar-refractivity contribution is -0.316. The van der Waals surface area contributed by atoms with Crippen molar-refractivity contribution in [3.05, 3.63) is 23.8 Å². The van der Waals surface area contributed by atoms with E-state index in [-0.39, 0.29) is 24.1 Å². The third-order valence-electron chi connectivity index (χ3n) is 16.6. The van der Waals surface area contributed by atoms with Gasteiger partial charge in [-0.2, -0.15) is 0 Å². The van der Waals surface area contributed by atoms with Gasteiger partial charge >= 0.3 is 5.97 Å². The van der Waals surface area contributed by atoms with Crippen molar-refractivity contribution in [2.24, 2.45) is 52.3 Å². The Kier molecular flexibility index (Phi) is 18.7. The fraction of sp³-hybridized carbons (Fsp3) is 0.902. The zero-order chi connectivity index (χ0) is 41.9. The third kappa shape index (κ3) is 11.8. The van der Waals surface area contributed by atoms with E-state index in [2.05, 4.69) is 66.7 Å². The van der Waals surface area contributed by atoms with E-state index >= 15 is 0 Å². The molecule has 1 aliphatic heterocycles. The molecule has 0 spiro atoms. The van der Waals surface area contributed by atoms with Crippen LogP contribution in [0.25, 0.3) is 0 Å². The van der Waals surface area contributed by atoms with Gasteiger partial charge in [0.05, 0.1) is 6.10 Å². The van der Waals surface area contributed by atoms with E-state index in [0.717, 1.165) is 50.9 Å². The zero-order valence-corrected chi connectivity index (χ0v) is 38.2. The van der Waals surface area contributed by atoms with Gasteiger partial charge in [0.15, 0.2) is 6.29 Å². The molecule has 3 saturated carbocycles. The van der Waals surface area contributed by atoms with E-state index in [4.69, 9.17) is 14.2 Å². The summed E-state index contributed by atoms with van der Waals surface area (Å²) in [6.45, 7) is 16.7. The highest BCUT2D eigenvalue weighted by Crippen LogP contribution is 2.67. The van der Waals surface area contributed by atoms with Crippen LogP contribution in [0.2, 0.25) is 0 Å². The largest absolute Gasteiger partial charge is 0.463 e. The normalized spacial score (nSPS) is 37.3. The summed E-state index contributed by atoms with van der Waals surface area (Å²) in [7, 11) is 0. The summed E-state index contributed by atoms with van der Waals surface area (Å²) in [4.78, 5) is 12.6. The molecule has 4 aliphatic carbocycles. The minimum Gasteiger partial charge on any atom is -0.463 e. The summed E-state index contributed by atoms with van der Waals surface area (Å²) < 4.78 is 18.0. The number of carbonyl (C=O) groups is 1. The topological polar surface area (TPSA) is 105 Å². The Morgan fingerprint density at radius 1 is 0.793 bits per heavy atom. The molecular formula is C51H88O7. The number of rotatable bonds is 23. The summed E-state index contributed by atoms with van der Waals surface area (Å²) in [6, 6.07) is 0. The third-order valence-corrected chi connectivity index (χ3v) is 16.6. The van der Waals surface area contributed by atoms with Gasteiger partial charge in [-0.1, -0.05) is 149 Å². The molecule has 1 saturated heterocycles. The predicted octanol–water partition coefficient (Wildman–Crippen LogP) is 11.7. The van der Waals surface area contributed by atoms with Crippen molar-refractivity contribution >= 4 is 5.97 Å². The van der Waals surface area contributed by atoms with Gasteiger partial charge in [0.25, 0.3) is 0 Å². The number of aliphatic hydroxyl groups excluding tert-OH is 3. The van der Waals surface area contributed by atoms with E-state index in [0.29, 0.717) is 47.3 Å². The Hall–Kier alpha value is -1.25. The minimum absolute atomic E-state index is 0.107. The molecule has 1 heterocycles. The molecular weight excluding hydrogens is 725 g/mol. The van der Waals surface area contributed by atoms with Gasteiger partial charge in [-0.15, -0.1) is 0 Å². The first-order chi connectivity index (χ1) is 27.8. The molecule has 5 rings (SSSR count). The number of allylic oxidation sites excluding steroid dienone is 4. The highest BCUT2D eigenvalue weighted by Gasteiger charge is 2.58. The summed E-state index contributed by atoms with van der Waals surface area (Å²) in [6.07, 6.45) is 28.3. The lowest BCUT2D eigenvalue weighted by Gasteiger charge is -2.58. The molecule has 7 nitrogen and oxygen atoms in total. The molecule has 4 fully saturated rings. The van der Waals surface area contributed by atoms with Crippen LogP contribution in [0.4, 0.5) is 0 Å². The highest BCUT2D eigenvalue weighted by molar-refractivity contribution is 5.69. The van der Waals surface area contributed by atoms with Crippen molar-refractivity contribution in [1.29, 1.82) is 0 Å². The van der Waals surface area contributed by atoms with Crippen LogP contribution in [0.15, 0.2) is 23.8 Å². The quantitative estimate of drug-likeness (QED) is 0.0536. The van der Waals surface area contributed by atoms with Crippen LogP contribution in [0.5, 0.6) is 0 Å². The van der Waals surface area contributed by atoms with Gasteiger partial charge in [-0.05, 0) is 116 Å². The fourth-order valence-corrected chi connectivity index (χ4v) is 12.7. The number of hydrogen-bond donors (Lipinski definition) is 3. The van der Waals surface area contributed by atoms with Crippen LogP contribution in [-0.2, 0) is 19.0 Å². The van der Waals surface area contributed by atoms with Crippen LogP contribution < -0.4 is 0 Å². The molecule has 14 unspecified atom stereocenters. The van der Waals surface area contributed by atoms with Crippen molar-refractivity contribution in [1.82, 2.24) is 0 Å². The van der Waals surface area contributed by atoms with E-state index in [1.54, 1.807) is 5.57 Å². The van der Waals surface area contributed by atoms with Gasteiger partial charge in [-0.3, -0.25) is 4.79 Å². The summed E-state index contributed by atoms with van der Waals surface area (Å²) >= 11 is 0. The van der Waals surface area contributed by atoms with E-state index in [1.165, 1.54) is 96.3 Å². The first kappa shape index (κ1) is 47.8. The molecule has 0 aromatic rings. The van der Waals surface area contributed by atoms with Crippen LogP contribution in [-0.4, -0.2) is 64.7 Å². The van der Waals surface area contributed by atoms with Crippen molar-refractivity contribution in [3.63, 3.8) is 0 Å². The minimum atomic E-state index is -1.44. The first-order valence-corrected chi connectivity index (χ1v) is 24.7. The van der Waals surface area contributed by atoms with Crippen LogP contribution in [0.3, 0.4) is 0 Å². The van der Waals surface area contributed by atoms with Gasteiger partial charge in [0.1, 0.15) is 31.0 Å². The molecule has 3 N–H and O–H groups in total. The van der Waals surface area contributed by atoms with Gasteiger partial charge < -0.3 is 29.5 Å². The second-order valence-electron chi connectivity index (χ2n) is 20.8. The maximum atomic E-state index is 12.6. The van der Waals surface area contributed by atoms with E-state index in [1.807, 2.05) is 0 Å². The highest BCUT2D eigenvalue weighted by atomic mass is 16.7. The Morgan fingerprint density at radius 2 is 1.41 bits per heavy atom. The lowest BCUT2D eigenvalue weighted by Crippen LogP contribution is -2.60. The Bertz CT molecular complexity index is 1300. The average Bonchev–Trinajstić information content (AvgIpc) is 3.56. The average molecular weight is 813 g/mol. The maximum absolute atomic E-state index is 12.6. The Labute approximate surface area is 354 Å². The molecule has 0 bridgehead atoms. The molecule has 0 radical (unpaired) electrons. The monoisotopic (exact) mass is 813 g/mol. The standard InChI is InChI=1S/C51H88O7/c1-8-10-11-12-13-14-15-16-17-18-19-20-21-22-45(52)56-34-44-46(53)47(54)48(55)49(58-44)57-39-29-31-50(6)38(33-39)25-26-40-42-28-27-41(51(42,7)32-30-43(40)50)36(5)23-24-37(9-2)35(3)4/h23-24,26,35-39,41-44,46-49,53-55H,8-22,25,27-34H2,1-7H3. The fourth-order valence-electron chi connectivity index (χ4n) is 12.7. The number of fused-ring (bicyclic) bond motifs is 5. The molecule has 334 valence electrons. The number of esters is 1. The number of ether oxygens (including phenoxy) is 3. The molecule has 5 aliphatic rings. The Balaban J connectivity index is 1.05. The number of carbonyl (C=O) groups excluding carboxylic acids is 1.